The topological polar surface area (TPSA) is 79.1 Å². The molecule has 3 aromatic heterocycles. The average Bonchev–Trinajstić information content (AvgIpc) is 3.49. The summed E-state index contributed by atoms with van der Waals surface area (Å²) in [4.78, 5) is 21.4. The minimum absolute atomic E-state index is 0.598. The lowest BCUT2D eigenvalue weighted by molar-refractivity contribution is 0.738. The van der Waals surface area contributed by atoms with Gasteiger partial charge >= 0.3 is 0 Å². The second-order valence-electron chi connectivity index (χ2n) is 7.48. The fraction of sp³-hybridized carbons (Fsp3) is 0.579. The lowest BCUT2D eigenvalue weighted by Gasteiger charge is -2.22. The summed E-state index contributed by atoms with van der Waals surface area (Å²) in [5, 5.41) is 10.6. The summed E-state index contributed by atoms with van der Waals surface area (Å²) >= 11 is 8.64. The van der Waals surface area contributed by atoms with Crippen molar-refractivity contribution in [1.29, 1.82) is 0 Å². The molecule has 0 bridgehead atoms. The molecule has 166 valence electrons. The van der Waals surface area contributed by atoms with Gasteiger partial charge in [-0.2, -0.15) is 15.0 Å². The van der Waals surface area contributed by atoms with Crippen LogP contribution in [0.3, 0.4) is 0 Å². The zero-order valence-corrected chi connectivity index (χ0v) is 20.9. The summed E-state index contributed by atoms with van der Waals surface area (Å²) in [5.41, 5.74) is 1.13. The van der Waals surface area contributed by atoms with Crippen LogP contribution in [0.5, 0.6) is 0 Å². The largest absolute Gasteiger partial charge is 0.347 e. The van der Waals surface area contributed by atoms with Crippen molar-refractivity contribution in [2.45, 2.75) is 40.2 Å². The Morgan fingerprint density at radius 2 is 1.71 bits per heavy atom. The first-order chi connectivity index (χ1) is 14.9. The molecular formula is C19H27N9S3. The Morgan fingerprint density at radius 3 is 2.32 bits per heavy atom. The highest BCUT2D eigenvalue weighted by atomic mass is 32.1. The van der Waals surface area contributed by atoms with Crippen molar-refractivity contribution in [2.75, 3.05) is 48.4 Å². The highest BCUT2D eigenvalue weighted by Gasteiger charge is 2.23. The molecule has 1 fully saturated rings. The van der Waals surface area contributed by atoms with E-state index in [0.29, 0.717) is 18.4 Å². The van der Waals surface area contributed by atoms with Crippen LogP contribution in [0.15, 0.2) is 0 Å². The molecule has 0 atom stereocenters. The first kappa shape index (κ1) is 22.0. The van der Waals surface area contributed by atoms with E-state index in [9.17, 15) is 0 Å². The van der Waals surface area contributed by atoms with Crippen molar-refractivity contribution in [1.82, 2.24) is 29.7 Å². The van der Waals surface area contributed by atoms with Gasteiger partial charge in [-0.1, -0.05) is 11.3 Å². The number of nitrogens with zero attached hydrogens (tertiary/aromatic N) is 9. The highest BCUT2D eigenvalue weighted by molar-refractivity contribution is 7.73. The van der Waals surface area contributed by atoms with Gasteiger partial charge in [-0.05, 0) is 45.8 Å². The minimum atomic E-state index is 0.598. The van der Waals surface area contributed by atoms with Gasteiger partial charge < -0.3 is 14.4 Å². The van der Waals surface area contributed by atoms with Crippen LogP contribution in [0.4, 0.5) is 23.0 Å². The second kappa shape index (κ2) is 9.13. The number of anilines is 4. The maximum Gasteiger partial charge on any atom is 0.238 e. The van der Waals surface area contributed by atoms with E-state index in [1.165, 1.54) is 24.2 Å². The molecule has 0 aliphatic carbocycles. The van der Waals surface area contributed by atoms with Gasteiger partial charge in [0, 0.05) is 46.0 Å². The SMILES string of the molecule is CCN(c1nc(N(C)C)nc(N2CCCC2)n1)c1nnc(-c2sc(=S)n(CC)c2C)s1. The van der Waals surface area contributed by atoms with Crippen molar-refractivity contribution in [3.8, 4) is 9.88 Å². The molecule has 0 N–H and O–H groups in total. The van der Waals surface area contributed by atoms with Crippen LogP contribution >= 0.6 is 34.9 Å². The van der Waals surface area contributed by atoms with Gasteiger partial charge in [-0.25, -0.2) is 0 Å². The molecule has 0 saturated carbocycles. The third-order valence-electron chi connectivity index (χ3n) is 5.25. The van der Waals surface area contributed by atoms with Crippen LogP contribution in [0.25, 0.3) is 9.88 Å². The van der Waals surface area contributed by atoms with E-state index in [1.807, 2.05) is 23.9 Å². The fourth-order valence-electron chi connectivity index (χ4n) is 3.54. The lowest BCUT2D eigenvalue weighted by Crippen LogP contribution is -2.26. The van der Waals surface area contributed by atoms with E-state index >= 15 is 0 Å². The molecular weight excluding hydrogens is 450 g/mol. The van der Waals surface area contributed by atoms with Crippen molar-refractivity contribution in [3.63, 3.8) is 0 Å². The Kier molecular flexibility index (Phi) is 6.49. The van der Waals surface area contributed by atoms with Crippen LogP contribution in [0.2, 0.25) is 0 Å². The maximum absolute atomic E-state index is 5.51. The van der Waals surface area contributed by atoms with Gasteiger partial charge in [0.2, 0.25) is 23.0 Å². The zero-order chi connectivity index (χ0) is 22.1. The molecule has 1 saturated heterocycles. The maximum atomic E-state index is 5.51. The van der Waals surface area contributed by atoms with Crippen LogP contribution in [-0.2, 0) is 6.54 Å². The molecule has 4 heterocycles. The van der Waals surface area contributed by atoms with Gasteiger partial charge in [-0.15, -0.1) is 21.5 Å². The minimum Gasteiger partial charge on any atom is -0.347 e. The molecule has 0 spiro atoms. The Balaban J connectivity index is 1.72. The van der Waals surface area contributed by atoms with Crippen LogP contribution in [-0.4, -0.2) is 63.4 Å². The molecule has 0 amide bonds. The van der Waals surface area contributed by atoms with E-state index in [4.69, 9.17) is 22.2 Å². The molecule has 9 nitrogen and oxygen atoms in total. The summed E-state index contributed by atoms with van der Waals surface area (Å²) in [6, 6.07) is 0. The smallest absolute Gasteiger partial charge is 0.238 e. The van der Waals surface area contributed by atoms with Gasteiger partial charge in [0.1, 0.15) is 0 Å². The summed E-state index contributed by atoms with van der Waals surface area (Å²) in [6.07, 6.45) is 2.33. The monoisotopic (exact) mass is 477 g/mol. The Morgan fingerprint density at radius 1 is 1.00 bits per heavy atom. The summed E-state index contributed by atoms with van der Waals surface area (Å²) < 4.78 is 2.99. The number of hydrogen-bond donors (Lipinski definition) is 0. The highest BCUT2D eigenvalue weighted by Crippen LogP contribution is 2.37. The first-order valence-electron chi connectivity index (χ1n) is 10.4. The summed E-state index contributed by atoms with van der Waals surface area (Å²) in [5.74, 6) is 1.97. The van der Waals surface area contributed by atoms with Crippen molar-refractivity contribution in [3.05, 3.63) is 9.65 Å². The van der Waals surface area contributed by atoms with Crippen LogP contribution in [0.1, 0.15) is 32.4 Å². The molecule has 12 heteroatoms. The summed E-state index contributed by atoms with van der Waals surface area (Å²) in [7, 11) is 3.89. The van der Waals surface area contributed by atoms with Crippen molar-refractivity contribution < 1.29 is 0 Å². The predicted molar refractivity (Wildman–Crippen MR) is 131 cm³/mol. The Labute approximate surface area is 195 Å². The molecule has 31 heavy (non-hydrogen) atoms. The molecule has 3 aromatic rings. The van der Waals surface area contributed by atoms with E-state index < -0.39 is 0 Å². The number of thiazole rings is 1. The molecule has 1 aliphatic heterocycles. The molecule has 0 unspecified atom stereocenters. The third kappa shape index (κ3) is 4.28. The molecule has 4 rings (SSSR count). The molecule has 0 radical (unpaired) electrons. The quantitative estimate of drug-likeness (QED) is 0.467. The number of rotatable bonds is 7. The van der Waals surface area contributed by atoms with Gasteiger partial charge in [0.25, 0.3) is 0 Å². The lowest BCUT2D eigenvalue weighted by atomic mass is 10.4. The molecule has 0 aromatic carbocycles. The average molecular weight is 478 g/mol. The van der Waals surface area contributed by atoms with E-state index in [1.54, 1.807) is 11.3 Å². The normalized spacial score (nSPS) is 13.8. The van der Waals surface area contributed by atoms with E-state index in [-0.39, 0.29) is 0 Å². The van der Waals surface area contributed by atoms with Crippen molar-refractivity contribution in [2.24, 2.45) is 0 Å². The van der Waals surface area contributed by atoms with Crippen LogP contribution in [0, 0.1) is 10.9 Å². The zero-order valence-electron chi connectivity index (χ0n) is 18.5. The van der Waals surface area contributed by atoms with E-state index in [2.05, 4.69) is 45.4 Å². The van der Waals surface area contributed by atoms with Crippen LogP contribution < -0.4 is 14.7 Å². The fourth-order valence-corrected chi connectivity index (χ4v) is 6.14. The predicted octanol–water partition coefficient (Wildman–Crippen LogP) is 4.14. The Hall–Kier alpha value is -2.18. The van der Waals surface area contributed by atoms with Crippen molar-refractivity contribution >= 4 is 57.9 Å². The van der Waals surface area contributed by atoms with Gasteiger partial charge in [-0.3, -0.25) is 4.90 Å². The number of aromatic nitrogens is 6. The van der Waals surface area contributed by atoms with E-state index in [0.717, 1.165) is 50.2 Å². The van der Waals surface area contributed by atoms with Gasteiger partial charge in [0.15, 0.2) is 8.96 Å². The summed E-state index contributed by atoms with van der Waals surface area (Å²) in [6.45, 7) is 9.74. The molecule has 1 aliphatic rings. The van der Waals surface area contributed by atoms with Gasteiger partial charge in [0.05, 0.1) is 4.88 Å². The third-order valence-corrected chi connectivity index (χ3v) is 7.90. The second-order valence-corrected chi connectivity index (χ2v) is 10.1. The first-order valence-corrected chi connectivity index (χ1v) is 12.5. The number of hydrogen-bond acceptors (Lipinski definition) is 11. The Bertz CT molecular complexity index is 1110. The standard InChI is InChI=1S/C19H27N9S3/c1-6-27-12(3)13(30-19(27)29)14-23-24-18(31-14)28(7-2)17-21-15(25(4)5)20-16(22-17)26-10-8-9-11-26/h6-11H2,1-5H3.